The van der Waals surface area contributed by atoms with Gasteiger partial charge in [-0.05, 0) is 26.7 Å². The minimum absolute atomic E-state index is 0.340. The molecule has 20 heavy (non-hydrogen) atoms. The van der Waals surface area contributed by atoms with Gasteiger partial charge in [-0.25, -0.2) is 0 Å². The molecule has 2 atom stereocenters. The summed E-state index contributed by atoms with van der Waals surface area (Å²) in [6.45, 7) is 8.42. The maximum absolute atomic E-state index is 5.77. The van der Waals surface area contributed by atoms with Gasteiger partial charge in [0.05, 0.1) is 12.2 Å². The fourth-order valence-electron chi connectivity index (χ4n) is 2.73. The summed E-state index contributed by atoms with van der Waals surface area (Å²) < 4.78 is 5.77. The van der Waals surface area contributed by atoms with Gasteiger partial charge in [-0.15, -0.1) is 10.2 Å². The molecule has 112 valence electrons. The van der Waals surface area contributed by atoms with Crippen molar-refractivity contribution in [1.82, 2.24) is 15.1 Å². The number of anilines is 1. The first-order chi connectivity index (χ1) is 9.61. The molecule has 1 aliphatic carbocycles. The van der Waals surface area contributed by atoms with Crippen LogP contribution < -0.4 is 4.90 Å². The van der Waals surface area contributed by atoms with Gasteiger partial charge in [0.15, 0.2) is 0 Å². The molecule has 1 saturated carbocycles. The molecular formula is C14H24N4OS. The van der Waals surface area contributed by atoms with E-state index in [1.165, 1.54) is 17.8 Å². The molecule has 1 saturated heterocycles. The predicted molar refractivity (Wildman–Crippen MR) is 81.6 cm³/mol. The van der Waals surface area contributed by atoms with Crippen molar-refractivity contribution in [3.8, 4) is 0 Å². The summed E-state index contributed by atoms with van der Waals surface area (Å²) in [5.41, 5.74) is 0. The average Bonchev–Trinajstić information content (AvgIpc) is 3.13. The van der Waals surface area contributed by atoms with Crippen LogP contribution in [0.15, 0.2) is 0 Å². The Morgan fingerprint density at radius 2 is 1.95 bits per heavy atom. The molecule has 1 aromatic rings. The van der Waals surface area contributed by atoms with E-state index in [4.69, 9.17) is 4.74 Å². The van der Waals surface area contributed by atoms with Crippen molar-refractivity contribution in [2.75, 3.05) is 38.1 Å². The van der Waals surface area contributed by atoms with E-state index in [-0.39, 0.29) is 0 Å². The van der Waals surface area contributed by atoms with Crippen molar-refractivity contribution in [2.45, 2.75) is 44.8 Å². The molecule has 6 heteroatoms. The Hall–Kier alpha value is -0.720. The first kappa shape index (κ1) is 14.2. The molecule has 0 radical (unpaired) electrons. The maximum Gasteiger partial charge on any atom is 0.208 e. The Morgan fingerprint density at radius 1 is 1.25 bits per heavy atom. The molecule has 5 nitrogen and oxygen atoms in total. The normalized spacial score (nSPS) is 27.8. The Bertz CT molecular complexity index is 438. The van der Waals surface area contributed by atoms with Gasteiger partial charge in [0.25, 0.3) is 0 Å². The van der Waals surface area contributed by atoms with Crippen molar-refractivity contribution in [3.05, 3.63) is 5.01 Å². The highest BCUT2D eigenvalue weighted by Gasteiger charge is 2.28. The zero-order valence-electron chi connectivity index (χ0n) is 12.6. The fourth-order valence-corrected chi connectivity index (χ4v) is 3.73. The smallest absolute Gasteiger partial charge is 0.208 e. The molecule has 0 amide bonds. The van der Waals surface area contributed by atoms with Gasteiger partial charge >= 0.3 is 0 Å². The van der Waals surface area contributed by atoms with E-state index in [0.717, 1.165) is 31.3 Å². The van der Waals surface area contributed by atoms with E-state index in [1.54, 1.807) is 11.3 Å². The summed E-state index contributed by atoms with van der Waals surface area (Å²) in [6.07, 6.45) is 3.27. The minimum atomic E-state index is 0.340. The molecule has 2 aliphatic rings. The third-order valence-corrected chi connectivity index (χ3v) is 5.13. The molecular weight excluding hydrogens is 272 g/mol. The van der Waals surface area contributed by atoms with Crippen LogP contribution in [0.5, 0.6) is 0 Å². The van der Waals surface area contributed by atoms with Crippen LogP contribution in [0, 0.1) is 0 Å². The fraction of sp³-hybridized carbons (Fsp3) is 0.857. The lowest BCUT2D eigenvalue weighted by molar-refractivity contribution is -0.0670. The minimum Gasteiger partial charge on any atom is -0.373 e. The Labute approximate surface area is 124 Å². The highest BCUT2D eigenvalue weighted by molar-refractivity contribution is 7.15. The zero-order valence-corrected chi connectivity index (χ0v) is 13.4. The van der Waals surface area contributed by atoms with Crippen LogP contribution in [0.25, 0.3) is 0 Å². The number of morpholine rings is 1. The number of rotatable bonds is 5. The standard InChI is InChI=1S/C14H24N4OS/c1-10-8-18(9-11(2)19-10)7-6-17(3)14-16-15-13(20-14)12-4-5-12/h10-12H,4-9H2,1-3H3/t10-,11+. The topological polar surface area (TPSA) is 41.5 Å². The molecule has 0 spiro atoms. The second-order valence-electron chi connectivity index (χ2n) is 6.14. The third-order valence-electron chi connectivity index (χ3n) is 3.93. The summed E-state index contributed by atoms with van der Waals surface area (Å²) in [7, 11) is 2.12. The molecule has 2 heterocycles. The monoisotopic (exact) mass is 296 g/mol. The van der Waals surface area contributed by atoms with Crippen molar-refractivity contribution < 1.29 is 4.74 Å². The van der Waals surface area contributed by atoms with Crippen LogP contribution in [-0.2, 0) is 4.74 Å². The van der Waals surface area contributed by atoms with Crippen molar-refractivity contribution in [1.29, 1.82) is 0 Å². The number of hydrogen-bond donors (Lipinski definition) is 0. The lowest BCUT2D eigenvalue weighted by Crippen LogP contribution is -2.47. The summed E-state index contributed by atoms with van der Waals surface area (Å²) in [5, 5.41) is 10.9. The van der Waals surface area contributed by atoms with Crippen LogP contribution >= 0.6 is 11.3 Å². The molecule has 3 rings (SSSR count). The van der Waals surface area contributed by atoms with Crippen LogP contribution in [0.3, 0.4) is 0 Å². The van der Waals surface area contributed by atoms with Gasteiger partial charge in [-0.3, -0.25) is 4.90 Å². The van der Waals surface area contributed by atoms with E-state index in [0.29, 0.717) is 18.1 Å². The molecule has 0 N–H and O–H groups in total. The quantitative estimate of drug-likeness (QED) is 0.831. The summed E-state index contributed by atoms with van der Waals surface area (Å²) in [6, 6.07) is 0. The lowest BCUT2D eigenvalue weighted by atomic mass is 10.2. The average molecular weight is 296 g/mol. The SMILES string of the molecule is C[C@@H]1CN(CCN(C)c2nnc(C3CC3)s2)C[C@H](C)O1. The predicted octanol–water partition coefficient (Wildman–Crippen LogP) is 1.96. The largest absolute Gasteiger partial charge is 0.373 e. The number of ether oxygens (including phenoxy) is 1. The first-order valence-corrected chi connectivity index (χ1v) is 8.36. The Balaban J connectivity index is 1.49. The van der Waals surface area contributed by atoms with Gasteiger partial charge in [0.2, 0.25) is 5.13 Å². The molecule has 0 unspecified atom stereocenters. The maximum atomic E-state index is 5.77. The number of likely N-dealkylation sites (N-methyl/N-ethyl adjacent to an activating group) is 1. The first-order valence-electron chi connectivity index (χ1n) is 7.54. The number of hydrogen-bond acceptors (Lipinski definition) is 6. The van der Waals surface area contributed by atoms with Crippen molar-refractivity contribution >= 4 is 16.5 Å². The van der Waals surface area contributed by atoms with E-state index in [9.17, 15) is 0 Å². The second kappa shape index (κ2) is 5.95. The third kappa shape index (κ3) is 3.48. The van der Waals surface area contributed by atoms with E-state index >= 15 is 0 Å². The number of nitrogens with zero attached hydrogens (tertiary/aromatic N) is 4. The van der Waals surface area contributed by atoms with E-state index in [1.807, 2.05) is 0 Å². The number of aromatic nitrogens is 2. The second-order valence-corrected chi connectivity index (χ2v) is 7.12. The van der Waals surface area contributed by atoms with Crippen LogP contribution in [0.2, 0.25) is 0 Å². The van der Waals surface area contributed by atoms with Gasteiger partial charge in [0.1, 0.15) is 5.01 Å². The highest BCUT2D eigenvalue weighted by Crippen LogP contribution is 2.42. The van der Waals surface area contributed by atoms with Gasteiger partial charge < -0.3 is 9.64 Å². The molecule has 0 aromatic carbocycles. The molecule has 1 aromatic heterocycles. The van der Waals surface area contributed by atoms with Crippen molar-refractivity contribution in [2.24, 2.45) is 0 Å². The Morgan fingerprint density at radius 3 is 2.60 bits per heavy atom. The lowest BCUT2D eigenvalue weighted by Gasteiger charge is -2.36. The van der Waals surface area contributed by atoms with Crippen LogP contribution in [-0.4, -0.2) is 60.5 Å². The summed E-state index contributed by atoms with van der Waals surface area (Å²) >= 11 is 1.76. The van der Waals surface area contributed by atoms with Crippen molar-refractivity contribution in [3.63, 3.8) is 0 Å². The Kier molecular flexibility index (Phi) is 4.23. The molecule has 0 bridgehead atoms. The van der Waals surface area contributed by atoms with Crippen LogP contribution in [0.1, 0.15) is 37.6 Å². The summed E-state index contributed by atoms with van der Waals surface area (Å²) in [4.78, 5) is 4.71. The molecule has 2 fully saturated rings. The molecule has 1 aliphatic heterocycles. The highest BCUT2D eigenvalue weighted by atomic mass is 32.1. The van der Waals surface area contributed by atoms with E-state index < -0.39 is 0 Å². The van der Waals surface area contributed by atoms with Crippen LogP contribution in [0.4, 0.5) is 5.13 Å². The van der Waals surface area contributed by atoms with Gasteiger partial charge in [-0.1, -0.05) is 11.3 Å². The van der Waals surface area contributed by atoms with Gasteiger partial charge in [0, 0.05) is 39.1 Å². The zero-order chi connectivity index (χ0) is 14.1. The van der Waals surface area contributed by atoms with E-state index in [2.05, 4.69) is 40.9 Å². The summed E-state index contributed by atoms with van der Waals surface area (Å²) in [5.74, 6) is 0.704. The van der Waals surface area contributed by atoms with Gasteiger partial charge in [-0.2, -0.15) is 0 Å².